The lowest BCUT2D eigenvalue weighted by Gasteiger charge is -1.88. The Bertz CT molecular complexity index is 112. The molecule has 0 atom stereocenters. The van der Waals surface area contributed by atoms with Crippen LogP contribution in [-0.2, 0) is 4.79 Å². The topological polar surface area (TPSA) is 17.1 Å². The van der Waals surface area contributed by atoms with Gasteiger partial charge >= 0.3 is 0 Å². The van der Waals surface area contributed by atoms with E-state index in [1.807, 2.05) is 13.8 Å². The number of carbonyl (C=O) groups excluding carboxylic acids is 1. The van der Waals surface area contributed by atoms with Gasteiger partial charge in [-0.05, 0) is 26.3 Å². The highest BCUT2D eigenvalue weighted by atomic mass is 16.1. The van der Waals surface area contributed by atoms with Gasteiger partial charge in [0.2, 0.25) is 0 Å². The molecule has 1 nitrogen and oxygen atoms in total. The maximum Gasteiger partial charge on any atom is 0.152 e. The van der Waals surface area contributed by atoms with E-state index in [-0.39, 0.29) is 5.78 Å². The second-order valence-corrected chi connectivity index (χ2v) is 1.95. The average Bonchev–Trinajstić information content (AvgIpc) is 1.65. The van der Waals surface area contributed by atoms with E-state index in [9.17, 15) is 4.79 Å². The van der Waals surface area contributed by atoms with Crippen LogP contribution in [0.2, 0.25) is 0 Å². The summed E-state index contributed by atoms with van der Waals surface area (Å²) in [5.41, 5.74) is 1.15. The zero-order valence-corrected chi connectivity index (χ0v) is 5.69. The quantitative estimate of drug-likeness (QED) is 0.499. The van der Waals surface area contributed by atoms with Crippen LogP contribution in [0.3, 0.4) is 0 Å². The average molecular weight is 112 g/mol. The Balaban J connectivity index is 3.75. The van der Waals surface area contributed by atoms with Crippen LogP contribution in [0.1, 0.15) is 27.2 Å². The Morgan fingerprint density at radius 3 is 2.12 bits per heavy atom. The number of ketones is 1. The fraction of sp³-hybridized carbons (Fsp3) is 0.571. The second-order valence-electron chi connectivity index (χ2n) is 1.95. The molecule has 0 heterocycles. The first-order chi connectivity index (χ1) is 3.66. The van der Waals surface area contributed by atoms with E-state index in [4.69, 9.17) is 0 Å². The van der Waals surface area contributed by atoms with Gasteiger partial charge in [-0.1, -0.05) is 12.5 Å². The summed E-state index contributed by atoms with van der Waals surface area (Å²) in [6.07, 6.45) is 2.64. The highest BCUT2D eigenvalue weighted by molar-refractivity contribution is 5.87. The van der Waals surface area contributed by atoms with E-state index in [1.165, 1.54) is 0 Å². The maximum atomic E-state index is 10.3. The first-order valence-electron chi connectivity index (χ1n) is 2.84. The van der Waals surface area contributed by atoms with E-state index in [0.717, 1.165) is 12.0 Å². The van der Waals surface area contributed by atoms with Crippen molar-refractivity contribution in [1.29, 1.82) is 0 Å². The van der Waals surface area contributed by atoms with Gasteiger partial charge in [-0.25, -0.2) is 0 Å². The molecule has 0 bridgehead atoms. The van der Waals surface area contributed by atoms with Crippen LogP contribution in [-0.4, -0.2) is 5.78 Å². The van der Waals surface area contributed by atoms with Crippen LogP contribution in [0.5, 0.6) is 0 Å². The van der Waals surface area contributed by atoms with E-state index >= 15 is 0 Å². The minimum Gasteiger partial charge on any atom is -0.295 e. The maximum absolute atomic E-state index is 10.3. The molecule has 1 heteroatoms. The summed E-state index contributed by atoms with van der Waals surface area (Å²) in [6.45, 7) is 5.56. The van der Waals surface area contributed by atoms with Crippen molar-refractivity contribution < 1.29 is 4.79 Å². The SMILES string of the molecule is CC/C(C)=C/C(C)=O. The van der Waals surface area contributed by atoms with Crippen LogP contribution in [0.25, 0.3) is 0 Å². The Morgan fingerprint density at radius 1 is 1.50 bits per heavy atom. The molecule has 0 N–H and O–H groups in total. The van der Waals surface area contributed by atoms with Gasteiger partial charge in [0.05, 0.1) is 0 Å². The Labute approximate surface area is 50.4 Å². The lowest BCUT2D eigenvalue weighted by molar-refractivity contribution is -0.112. The molecule has 8 heavy (non-hydrogen) atoms. The Morgan fingerprint density at radius 2 is 2.00 bits per heavy atom. The molecule has 0 aliphatic heterocycles. The molecule has 0 spiro atoms. The molecule has 0 aromatic carbocycles. The molecule has 0 aromatic rings. The first-order valence-corrected chi connectivity index (χ1v) is 2.84. The van der Waals surface area contributed by atoms with Crippen molar-refractivity contribution >= 4 is 5.78 Å². The fourth-order valence-electron chi connectivity index (χ4n) is 0.449. The van der Waals surface area contributed by atoms with Gasteiger partial charge in [0, 0.05) is 0 Å². The van der Waals surface area contributed by atoms with Crippen molar-refractivity contribution in [3.05, 3.63) is 11.6 Å². The molecular weight excluding hydrogens is 100 g/mol. The van der Waals surface area contributed by atoms with Gasteiger partial charge in [0.1, 0.15) is 0 Å². The summed E-state index contributed by atoms with van der Waals surface area (Å²) in [5.74, 6) is 0.143. The highest BCUT2D eigenvalue weighted by Gasteiger charge is 1.85. The number of allylic oxidation sites excluding steroid dienone is 2. The molecule has 0 rings (SSSR count). The third-order valence-electron chi connectivity index (χ3n) is 1.01. The molecule has 0 aliphatic carbocycles. The Kier molecular flexibility index (Phi) is 3.16. The zero-order chi connectivity index (χ0) is 6.57. The van der Waals surface area contributed by atoms with E-state index in [1.54, 1.807) is 13.0 Å². The highest BCUT2D eigenvalue weighted by Crippen LogP contribution is 1.96. The predicted molar refractivity (Wildman–Crippen MR) is 34.7 cm³/mol. The summed E-state index contributed by atoms with van der Waals surface area (Å²) < 4.78 is 0. The molecule has 0 saturated heterocycles. The smallest absolute Gasteiger partial charge is 0.152 e. The molecule has 0 aliphatic rings. The number of hydrogen-bond acceptors (Lipinski definition) is 1. The van der Waals surface area contributed by atoms with E-state index in [2.05, 4.69) is 0 Å². The minimum atomic E-state index is 0.143. The van der Waals surface area contributed by atoms with Crippen LogP contribution < -0.4 is 0 Å². The van der Waals surface area contributed by atoms with Gasteiger partial charge < -0.3 is 0 Å². The third kappa shape index (κ3) is 3.59. The lowest BCUT2D eigenvalue weighted by Crippen LogP contribution is -1.83. The van der Waals surface area contributed by atoms with Crippen molar-refractivity contribution in [3.63, 3.8) is 0 Å². The molecule has 0 aromatic heterocycles. The first kappa shape index (κ1) is 7.41. The van der Waals surface area contributed by atoms with Crippen molar-refractivity contribution in [2.45, 2.75) is 27.2 Å². The minimum absolute atomic E-state index is 0.143. The molecule has 0 radical (unpaired) electrons. The van der Waals surface area contributed by atoms with Crippen molar-refractivity contribution in [2.24, 2.45) is 0 Å². The van der Waals surface area contributed by atoms with Crippen LogP contribution in [0.4, 0.5) is 0 Å². The van der Waals surface area contributed by atoms with Crippen LogP contribution >= 0.6 is 0 Å². The molecule has 0 fully saturated rings. The molecule has 0 unspecified atom stereocenters. The second kappa shape index (κ2) is 3.42. The summed E-state index contributed by atoms with van der Waals surface area (Å²) in [5, 5.41) is 0. The van der Waals surface area contributed by atoms with Gasteiger partial charge in [0.15, 0.2) is 5.78 Å². The summed E-state index contributed by atoms with van der Waals surface area (Å²) >= 11 is 0. The van der Waals surface area contributed by atoms with Gasteiger partial charge in [0.25, 0.3) is 0 Å². The number of carbonyl (C=O) groups is 1. The van der Waals surface area contributed by atoms with Gasteiger partial charge in [-0.3, -0.25) is 4.79 Å². The standard InChI is InChI=1S/C7H12O/c1-4-6(2)5-7(3)8/h5H,4H2,1-3H3/b6-5+. The summed E-state index contributed by atoms with van der Waals surface area (Å²) in [4.78, 5) is 10.3. The monoisotopic (exact) mass is 112 g/mol. The normalized spacial score (nSPS) is 11.6. The van der Waals surface area contributed by atoms with Crippen molar-refractivity contribution in [1.82, 2.24) is 0 Å². The van der Waals surface area contributed by atoms with Gasteiger partial charge in [-0.15, -0.1) is 0 Å². The molecule has 46 valence electrons. The third-order valence-corrected chi connectivity index (χ3v) is 1.01. The summed E-state index contributed by atoms with van der Waals surface area (Å²) in [7, 11) is 0. The zero-order valence-electron chi connectivity index (χ0n) is 5.69. The van der Waals surface area contributed by atoms with Crippen molar-refractivity contribution in [3.8, 4) is 0 Å². The fourth-order valence-corrected chi connectivity index (χ4v) is 0.449. The van der Waals surface area contributed by atoms with Crippen LogP contribution in [0, 0.1) is 0 Å². The molecular formula is C7H12O. The molecule has 0 amide bonds. The predicted octanol–water partition coefficient (Wildman–Crippen LogP) is 1.93. The van der Waals surface area contributed by atoms with E-state index < -0.39 is 0 Å². The number of hydrogen-bond donors (Lipinski definition) is 0. The van der Waals surface area contributed by atoms with Crippen molar-refractivity contribution in [2.75, 3.05) is 0 Å². The largest absolute Gasteiger partial charge is 0.295 e. The van der Waals surface area contributed by atoms with E-state index in [0.29, 0.717) is 0 Å². The lowest BCUT2D eigenvalue weighted by atomic mass is 10.2. The number of rotatable bonds is 2. The van der Waals surface area contributed by atoms with Gasteiger partial charge in [-0.2, -0.15) is 0 Å². The Hall–Kier alpha value is -0.590. The summed E-state index contributed by atoms with van der Waals surface area (Å²) in [6, 6.07) is 0. The van der Waals surface area contributed by atoms with Crippen LogP contribution in [0.15, 0.2) is 11.6 Å². The molecule has 0 saturated carbocycles.